The molecule has 118 valence electrons. The van der Waals surface area contributed by atoms with Gasteiger partial charge in [-0.15, -0.1) is 11.3 Å². The molecule has 0 aliphatic heterocycles. The molecule has 2 aliphatic rings. The average molecular weight is 316 g/mol. The SMILES string of the molecule is CN(C)C1CCCC(C2CCc3sc4ncnc(N)c4c32)C1. The Balaban J connectivity index is 1.71. The van der Waals surface area contributed by atoms with Crippen molar-refractivity contribution in [3.63, 3.8) is 0 Å². The molecule has 1 fully saturated rings. The van der Waals surface area contributed by atoms with Crippen LogP contribution in [0.5, 0.6) is 0 Å². The molecule has 2 aliphatic carbocycles. The van der Waals surface area contributed by atoms with Crippen molar-refractivity contribution in [1.29, 1.82) is 0 Å². The highest BCUT2D eigenvalue weighted by molar-refractivity contribution is 7.19. The van der Waals surface area contributed by atoms with E-state index >= 15 is 0 Å². The van der Waals surface area contributed by atoms with Gasteiger partial charge in [0.25, 0.3) is 0 Å². The minimum Gasteiger partial charge on any atom is -0.383 e. The van der Waals surface area contributed by atoms with Crippen LogP contribution in [0.15, 0.2) is 6.33 Å². The Hall–Kier alpha value is -1.20. The van der Waals surface area contributed by atoms with Crippen molar-refractivity contribution in [2.75, 3.05) is 19.8 Å². The molecule has 0 radical (unpaired) electrons. The van der Waals surface area contributed by atoms with Gasteiger partial charge >= 0.3 is 0 Å². The van der Waals surface area contributed by atoms with Crippen molar-refractivity contribution in [3.05, 3.63) is 16.8 Å². The predicted octanol–water partition coefficient (Wildman–Crippen LogP) is 3.42. The number of fused-ring (bicyclic) bond motifs is 3. The number of hydrogen-bond donors (Lipinski definition) is 1. The third-order valence-electron chi connectivity index (χ3n) is 5.67. The van der Waals surface area contributed by atoms with Crippen LogP contribution in [0.1, 0.15) is 48.5 Å². The van der Waals surface area contributed by atoms with Crippen LogP contribution in [-0.4, -0.2) is 35.0 Å². The van der Waals surface area contributed by atoms with Gasteiger partial charge in [-0.3, -0.25) is 0 Å². The third kappa shape index (κ3) is 2.22. The number of hydrogen-bond acceptors (Lipinski definition) is 5. The summed E-state index contributed by atoms with van der Waals surface area (Å²) < 4.78 is 0. The molecule has 3 unspecified atom stereocenters. The summed E-state index contributed by atoms with van der Waals surface area (Å²) in [5.74, 6) is 2.13. The van der Waals surface area contributed by atoms with Crippen LogP contribution >= 0.6 is 11.3 Å². The molecule has 2 N–H and O–H groups in total. The molecule has 4 rings (SSSR count). The van der Waals surface area contributed by atoms with Crippen LogP contribution in [0.3, 0.4) is 0 Å². The molecule has 5 heteroatoms. The van der Waals surface area contributed by atoms with Gasteiger partial charge in [-0.05, 0) is 63.6 Å². The first-order chi connectivity index (χ1) is 10.6. The van der Waals surface area contributed by atoms with Crippen LogP contribution in [0, 0.1) is 5.92 Å². The molecular weight excluding hydrogens is 292 g/mol. The second-order valence-electron chi connectivity index (χ2n) is 7.07. The number of nitrogens with two attached hydrogens (primary N) is 1. The average Bonchev–Trinajstić information content (AvgIpc) is 3.06. The van der Waals surface area contributed by atoms with Gasteiger partial charge in [0.2, 0.25) is 0 Å². The van der Waals surface area contributed by atoms with Crippen LogP contribution in [-0.2, 0) is 6.42 Å². The predicted molar refractivity (Wildman–Crippen MR) is 92.3 cm³/mol. The van der Waals surface area contributed by atoms with E-state index in [4.69, 9.17) is 5.73 Å². The lowest BCUT2D eigenvalue weighted by Crippen LogP contribution is -2.34. The lowest BCUT2D eigenvalue weighted by molar-refractivity contribution is 0.169. The van der Waals surface area contributed by atoms with Gasteiger partial charge in [-0.1, -0.05) is 6.42 Å². The minimum atomic E-state index is 0.666. The third-order valence-corrected chi connectivity index (χ3v) is 6.84. The highest BCUT2D eigenvalue weighted by Crippen LogP contribution is 2.50. The Morgan fingerprint density at radius 3 is 2.91 bits per heavy atom. The normalized spacial score (nSPS) is 28.4. The molecule has 2 aromatic heterocycles. The number of anilines is 1. The molecule has 1 saturated carbocycles. The van der Waals surface area contributed by atoms with Crippen molar-refractivity contribution < 1.29 is 0 Å². The lowest BCUT2D eigenvalue weighted by atomic mass is 9.75. The van der Waals surface area contributed by atoms with E-state index in [0.29, 0.717) is 11.7 Å². The fraction of sp³-hybridized carbons (Fsp3) is 0.647. The van der Waals surface area contributed by atoms with Gasteiger partial charge in [-0.25, -0.2) is 9.97 Å². The summed E-state index contributed by atoms with van der Waals surface area (Å²) in [6.45, 7) is 0. The highest BCUT2D eigenvalue weighted by atomic mass is 32.1. The molecule has 0 aromatic carbocycles. The Morgan fingerprint density at radius 2 is 2.09 bits per heavy atom. The molecule has 0 saturated heterocycles. The number of nitrogens with zero attached hydrogens (tertiary/aromatic N) is 3. The summed E-state index contributed by atoms with van der Waals surface area (Å²) in [7, 11) is 4.44. The topological polar surface area (TPSA) is 55.0 Å². The lowest BCUT2D eigenvalue weighted by Gasteiger charge is -2.36. The van der Waals surface area contributed by atoms with E-state index in [1.165, 1.54) is 49.0 Å². The van der Waals surface area contributed by atoms with Gasteiger partial charge in [-0.2, -0.15) is 0 Å². The minimum absolute atomic E-state index is 0.666. The Kier molecular flexibility index (Phi) is 3.57. The van der Waals surface area contributed by atoms with E-state index in [1.807, 2.05) is 11.3 Å². The van der Waals surface area contributed by atoms with E-state index in [-0.39, 0.29) is 0 Å². The van der Waals surface area contributed by atoms with E-state index < -0.39 is 0 Å². The number of aromatic nitrogens is 2. The zero-order chi connectivity index (χ0) is 15.3. The Labute approximate surface area is 135 Å². The number of aryl methyl sites for hydroxylation is 1. The molecule has 2 aromatic rings. The smallest absolute Gasteiger partial charge is 0.135 e. The maximum absolute atomic E-state index is 6.19. The summed E-state index contributed by atoms with van der Waals surface area (Å²) in [6.07, 6.45) is 9.47. The maximum atomic E-state index is 6.19. The van der Waals surface area contributed by atoms with E-state index in [1.54, 1.807) is 6.33 Å². The summed E-state index contributed by atoms with van der Waals surface area (Å²) >= 11 is 1.83. The fourth-order valence-electron chi connectivity index (χ4n) is 4.54. The zero-order valence-electron chi connectivity index (χ0n) is 13.4. The van der Waals surface area contributed by atoms with Gasteiger partial charge in [0.15, 0.2) is 0 Å². The van der Waals surface area contributed by atoms with Crippen molar-refractivity contribution >= 4 is 27.4 Å². The van der Waals surface area contributed by atoms with E-state index in [0.717, 1.165) is 22.2 Å². The first kappa shape index (κ1) is 14.4. The number of rotatable bonds is 2. The largest absolute Gasteiger partial charge is 0.383 e. The monoisotopic (exact) mass is 316 g/mol. The Morgan fingerprint density at radius 1 is 1.23 bits per heavy atom. The molecule has 2 heterocycles. The number of nitrogen functional groups attached to an aromatic ring is 1. The summed E-state index contributed by atoms with van der Waals surface area (Å²) in [5, 5.41) is 1.16. The van der Waals surface area contributed by atoms with Crippen LogP contribution < -0.4 is 5.73 Å². The van der Waals surface area contributed by atoms with Gasteiger partial charge in [0.05, 0.1) is 5.39 Å². The Bertz CT molecular complexity index is 693. The standard InChI is InChI=1S/C17H24N4S/c1-21(2)11-5-3-4-10(8-11)12-6-7-13-14(12)15-16(18)19-9-20-17(15)22-13/h9-12H,3-8H2,1-2H3,(H2,18,19,20). The van der Waals surface area contributed by atoms with Gasteiger partial charge < -0.3 is 10.6 Å². The molecule has 3 atom stereocenters. The second-order valence-corrected chi connectivity index (χ2v) is 8.15. The molecule has 0 bridgehead atoms. The zero-order valence-corrected chi connectivity index (χ0v) is 14.2. The first-order valence-corrected chi connectivity index (χ1v) is 9.15. The quantitative estimate of drug-likeness (QED) is 0.922. The van der Waals surface area contributed by atoms with Crippen LogP contribution in [0.2, 0.25) is 0 Å². The van der Waals surface area contributed by atoms with Gasteiger partial charge in [0.1, 0.15) is 17.0 Å². The van der Waals surface area contributed by atoms with Crippen molar-refractivity contribution in [3.8, 4) is 0 Å². The molecule has 0 spiro atoms. The summed E-state index contributed by atoms with van der Waals surface area (Å²) in [6, 6.07) is 0.737. The molecule has 0 amide bonds. The van der Waals surface area contributed by atoms with E-state index in [9.17, 15) is 0 Å². The highest BCUT2D eigenvalue weighted by Gasteiger charge is 2.37. The second kappa shape index (κ2) is 5.46. The maximum Gasteiger partial charge on any atom is 0.135 e. The first-order valence-electron chi connectivity index (χ1n) is 8.33. The van der Waals surface area contributed by atoms with Crippen molar-refractivity contribution in [2.24, 2.45) is 5.92 Å². The van der Waals surface area contributed by atoms with Crippen molar-refractivity contribution in [1.82, 2.24) is 14.9 Å². The van der Waals surface area contributed by atoms with E-state index in [2.05, 4.69) is 29.0 Å². The van der Waals surface area contributed by atoms with Gasteiger partial charge in [0, 0.05) is 10.9 Å². The number of thiophene rings is 1. The van der Waals surface area contributed by atoms with Crippen LogP contribution in [0.25, 0.3) is 10.2 Å². The van der Waals surface area contributed by atoms with Crippen LogP contribution in [0.4, 0.5) is 5.82 Å². The molecule has 22 heavy (non-hydrogen) atoms. The summed E-state index contributed by atoms with van der Waals surface area (Å²) in [5.41, 5.74) is 7.69. The molecule has 4 nitrogen and oxygen atoms in total. The van der Waals surface area contributed by atoms with Crippen molar-refractivity contribution in [2.45, 2.75) is 50.5 Å². The molecular formula is C17H24N4S. The fourth-order valence-corrected chi connectivity index (χ4v) is 5.77. The summed E-state index contributed by atoms with van der Waals surface area (Å²) in [4.78, 5) is 13.7.